The summed E-state index contributed by atoms with van der Waals surface area (Å²) in [6.07, 6.45) is 3.72. The van der Waals surface area contributed by atoms with E-state index in [0.29, 0.717) is 6.04 Å². The predicted molar refractivity (Wildman–Crippen MR) is 73.4 cm³/mol. The van der Waals surface area contributed by atoms with Gasteiger partial charge in [0.05, 0.1) is 0 Å². The van der Waals surface area contributed by atoms with Crippen LogP contribution in [0.15, 0.2) is 24.3 Å². The van der Waals surface area contributed by atoms with Crippen LogP contribution in [0.25, 0.3) is 0 Å². The van der Waals surface area contributed by atoms with Crippen molar-refractivity contribution in [3.8, 4) is 0 Å². The third-order valence-corrected chi connectivity index (χ3v) is 3.81. The molecule has 0 fully saturated rings. The van der Waals surface area contributed by atoms with Gasteiger partial charge in [0, 0.05) is 19.1 Å². The van der Waals surface area contributed by atoms with E-state index < -0.39 is 0 Å². The number of hydrogen-bond donors (Lipinski definition) is 1. The Balaban J connectivity index is 1.78. The lowest BCUT2D eigenvalue weighted by molar-refractivity contribution is 0.333. The third kappa shape index (κ3) is 3.55. The van der Waals surface area contributed by atoms with Crippen molar-refractivity contribution in [2.24, 2.45) is 0 Å². The van der Waals surface area contributed by atoms with E-state index in [1.807, 2.05) is 0 Å². The molecule has 1 unspecified atom stereocenters. The fourth-order valence-corrected chi connectivity index (χ4v) is 2.49. The number of benzene rings is 1. The van der Waals surface area contributed by atoms with Gasteiger partial charge in [0.2, 0.25) is 0 Å². The molecule has 1 N–H and O–H groups in total. The standard InChI is InChI=1S/C15H24N2/c1-3-17(2)11-10-16-15-9-8-13-6-4-5-7-14(13)12-15/h4-7,15-16H,3,8-12H2,1-2H3. The number of rotatable bonds is 5. The van der Waals surface area contributed by atoms with Crippen molar-refractivity contribution in [1.29, 1.82) is 0 Å². The van der Waals surface area contributed by atoms with E-state index >= 15 is 0 Å². The van der Waals surface area contributed by atoms with Crippen molar-refractivity contribution in [1.82, 2.24) is 10.2 Å². The van der Waals surface area contributed by atoms with Crippen molar-refractivity contribution in [3.63, 3.8) is 0 Å². The topological polar surface area (TPSA) is 15.3 Å². The predicted octanol–water partition coefficient (Wildman–Crippen LogP) is 2.09. The van der Waals surface area contributed by atoms with Crippen molar-refractivity contribution in [2.75, 3.05) is 26.7 Å². The van der Waals surface area contributed by atoms with Crippen LogP contribution < -0.4 is 5.32 Å². The van der Waals surface area contributed by atoms with Crippen molar-refractivity contribution >= 4 is 0 Å². The molecule has 1 aromatic carbocycles. The minimum absolute atomic E-state index is 0.676. The normalized spacial score (nSPS) is 19.4. The van der Waals surface area contributed by atoms with Gasteiger partial charge in [-0.25, -0.2) is 0 Å². The maximum absolute atomic E-state index is 3.69. The summed E-state index contributed by atoms with van der Waals surface area (Å²) in [7, 11) is 2.18. The Labute approximate surface area is 105 Å². The lowest BCUT2D eigenvalue weighted by Crippen LogP contribution is -2.39. The first kappa shape index (κ1) is 12.6. The average molecular weight is 232 g/mol. The van der Waals surface area contributed by atoms with E-state index in [4.69, 9.17) is 0 Å². The minimum atomic E-state index is 0.676. The summed E-state index contributed by atoms with van der Waals surface area (Å²) >= 11 is 0. The first-order valence-corrected chi connectivity index (χ1v) is 6.78. The van der Waals surface area contributed by atoms with Crippen LogP contribution in [-0.2, 0) is 12.8 Å². The molecule has 0 spiro atoms. The molecule has 2 heteroatoms. The summed E-state index contributed by atoms with van der Waals surface area (Å²) in [5, 5.41) is 3.69. The van der Waals surface area contributed by atoms with Gasteiger partial charge in [-0.1, -0.05) is 31.2 Å². The average Bonchev–Trinajstić information content (AvgIpc) is 2.38. The van der Waals surface area contributed by atoms with Crippen molar-refractivity contribution in [2.45, 2.75) is 32.2 Å². The number of fused-ring (bicyclic) bond motifs is 1. The van der Waals surface area contributed by atoms with Gasteiger partial charge in [-0.3, -0.25) is 0 Å². The molecule has 0 heterocycles. The van der Waals surface area contributed by atoms with E-state index in [9.17, 15) is 0 Å². The molecule has 0 saturated carbocycles. The highest BCUT2D eigenvalue weighted by atomic mass is 15.1. The monoisotopic (exact) mass is 232 g/mol. The first-order valence-electron chi connectivity index (χ1n) is 6.78. The fraction of sp³-hybridized carbons (Fsp3) is 0.600. The lowest BCUT2D eigenvalue weighted by Gasteiger charge is -2.26. The van der Waals surface area contributed by atoms with E-state index in [-0.39, 0.29) is 0 Å². The zero-order valence-corrected chi connectivity index (χ0v) is 11.1. The molecular formula is C15H24N2. The number of nitrogens with one attached hydrogen (secondary N) is 1. The van der Waals surface area contributed by atoms with Gasteiger partial charge >= 0.3 is 0 Å². The molecule has 0 radical (unpaired) electrons. The van der Waals surface area contributed by atoms with Gasteiger partial charge in [0.15, 0.2) is 0 Å². The number of aryl methyl sites for hydroxylation is 1. The van der Waals surface area contributed by atoms with Crippen LogP contribution in [0.2, 0.25) is 0 Å². The summed E-state index contributed by atoms with van der Waals surface area (Å²) in [5.74, 6) is 0. The molecule has 2 rings (SSSR count). The van der Waals surface area contributed by atoms with Crippen LogP contribution in [0.3, 0.4) is 0 Å². The highest BCUT2D eigenvalue weighted by Crippen LogP contribution is 2.20. The highest BCUT2D eigenvalue weighted by molar-refractivity contribution is 5.30. The molecular weight excluding hydrogens is 208 g/mol. The molecule has 1 aliphatic rings. The number of hydrogen-bond acceptors (Lipinski definition) is 2. The largest absolute Gasteiger partial charge is 0.312 e. The van der Waals surface area contributed by atoms with Gasteiger partial charge < -0.3 is 10.2 Å². The quantitative estimate of drug-likeness (QED) is 0.836. The molecule has 0 bridgehead atoms. The van der Waals surface area contributed by atoms with Crippen LogP contribution in [0.4, 0.5) is 0 Å². The highest BCUT2D eigenvalue weighted by Gasteiger charge is 2.17. The van der Waals surface area contributed by atoms with E-state index in [0.717, 1.165) is 19.6 Å². The molecule has 1 aliphatic carbocycles. The molecule has 0 aliphatic heterocycles. The Morgan fingerprint density at radius 3 is 2.82 bits per heavy atom. The Kier molecular flexibility index (Phi) is 4.57. The Bertz CT molecular complexity index is 349. The summed E-state index contributed by atoms with van der Waals surface area (Å²) in [6, 6.07) is 9.54. The second kappa shape index (κ2) is 6.18. The molecule has 1 aromatic rings. The van der Waals surface area contributed by atoms with Gasteiger partial charge in [-0.05, 0) is 44.0 Å². The van der Waals surface area contributed by atoms with Crippen LogP contribution >= 0.6 is 0 Å². The number of nitrogens with zero attached hydrogens (tertiary/aromatic N) is 1. The first-order chi connectivity index (χ1) is 8.29. The maximum Gasteiger partial charge on any atom is 0.0111 e. The smallest absolute Gasteiger partial charge is 0.0111 e. The zero-order valence-electron chi connectivity index (χ0n) is 11.1. The van der Waals surface area contributed by atoms with E-state index in [1.165, 1.54) is 19.3 Å². The van der Waals surface area contributed by atoms with Crippen LogP contribution in [-0.4, -0.2) is 37.6 Å². The molecule has 0 amide bonds. The summed E-state index contributed by atoms with van der Waals surface area (Å²) in [5.41, 5.74) is 3.09. The maximum atomic E-state index is 3.69. The Morgan fingerprint density at radius 2 is 2.06 bits per heavy atom. The molecule has 2 nitrogen and oxygen atoms in total. The Hall–Kier alpha value is -0.860. The van der Waals surface area contributed by atoms with Crippen LogP contribution in [0, 0.1) is 0 Å². The van der Waals surface area contributed by atoms with Gasteiger partial charge in [-0.2, -0.15) is 0 Å². The fourth-order valence-electron chi connectivity index (χ4n) is 2.49. The Morgan fingerprint density at radius 1 is 1.29 bits per heavy atom. The van der Waals surface area contributed by atoms with Crippen molar-refractivity contribution in [3.05, 3.63) is 35.4 Å². The molecule has 94 valence electrons. The third-order valence-electron chi connectivity index (χ3n) is 3.81. The van der Waals surface area contributed by atoms with Gasteiger partial charge in [-0.15, -0.1) is 0 Å². The van der Waals surface area contributed by atoms with Gasteiger partial charge in [0.1, 0.15) is 0 Å². The summed E-state index contributed by atoms with van der Waals surface area (Å²) in [6.45, 7) is 5.60. The summed E-state index contributed by atoms with van der Waals surface area (Å²) in [4.78, 5) is 2.35. The molecule has 0 aromatic heterocycles. The lowest BCUT2D eigenvalue weighted by atomic mass is 9.88. The van der Waals surface area contributed by atoms with Crippen LogP contribution in [0.1, 0.15) is 24.5 Å². The SMILES string of the molecule is CCN(C)CCNC1CCc2ccccc2C1. The molecule has 1 atom stereocenters. The van der Waals surface area contributed by atoms with Crippen molar-refractivity contribution < 1.29 is 0 Å². The number of likely N-dealkylation sites (N-methyl/N-ethyl adjacent to an activating group) is 1. The zero-order chi connectivity index (χ0) is 12.1. The van der Waals surface area contributed by atoms with E-state index in [1.54, 1.807) is 11.1 Å². The van der Waals surface area contributed by atoms with Crippen LogP contribution in [0.5, 0.6) is 0 Å². The second-order valence-electron chi connectivity index (χ2n) is 5.06. The summed E-state index contributed by atoms with van der Waals surface area (Å²) < 4.78 is 0. The second-order valence-corrected chi connectivity index (χ2v) is 5.06. The minimum Gasteiger partial charge on any atom is -0.312 e. The molecule has 17 heavy (non-hydrogen) atoms. The van der Waals surface area contributed by atoms with E-state index in [2.05, 4.69) is 48.5 Å². The molecule has 0 saturated heterocycles. The van der Waals surface area contributed by atoms with Gasteiger partial charge in [0.25, 0.3) is 0 Å².